The summed E-state index contributed by atoms with van der Waals surface area (Å²) in [5, 5.41) is 8.88. The van der Waals surface area contributed by atoms with Crippen LogP contribution < -0.4 is 0 Å². The molecule has 0 radical (unpaired) electrons. The molecule has 5 nitrogen and oxygen atoms in total. The highest BCUT2D eigenvalue weighted by atomic mass is 32.2. The Morgan fingerprint density at radius 1 is 1.33 bits per heavy atom. The van der Waals surface area contributed by atoms with Crippen molar-refractivity contribution in [1.29, 1.82) is 0 Å². The van der Waals surface area contributed by atoms with Crippen molar-refractivity contribution < 1.29 is 18.3 Å². The maximum Gasteiger partial charge on any atom is 0.321 e. The molecule has 0 aromatic heterocycles. The molecule has 1 unspecified atom stereocenters. The summed E-state index contributed by atoms with van der Waals surface area (Å²) >= 11 is 0. The third kappa shape index (κ3) is 2.70. The molecular formula is C12H17NO4S. The van der Waals surface area contributed by atoms with Gasteiger partial charge in [-0.2, -0.15) is 4.31 Å². The van der Waals surface area contributed by atoms with Crippen LogP contribution in [0.2, 0.25) is 0 Å². The summed E-state index contributed by atoms with van der Waals surface area (Å²) < 4.78 is 25.5. The third-order valence-electron chi connectivity index (χ3n) is 2.90. The van der Waals surface area contributed by atoms with Gasteiger partial charge in [-0.15, -0.1) is 0 Å². The zero-order chi connectivity index (χ0) is 14.1. The monoisotopic (exact) mass is 271 g/mol. The second kappa shape index (κ2) is 5.07. The number of aliphatic carboxylic acids is 1. The van der Waals surface area contributed by atoms with Crippen LogP contribution in [0, 0.1) is 13.8 Å². The van der Waals surface area contributed by atoms with E-state index in [4.69, 9.17) is 5.11 Å². The van der Waals surface area contributed by atoms with Crippen molar-refractivity contribution in [3.05, 3.63) is 29.3 Å². The van der Waals surface area contributed by atoms with E-state index >= 15 is 0 Å². The van der Waals surface area contributed by atoms with Crippen molar-refractivity contribution in [2.24, 2.45) is 0 Å². The van der Waals surface area contributed by atoms with E-state index in [9.17, 15) is 13.2 Å². The van der Waals surface area contributed by atoms with E-state index in [-0.39, 0.29) is 4.90 Å². The quantitative estimate of drug-likeness (QED) is 0.898. The third-order valence-corrected chi connectivity index (χ3v) is 4.97. The molecule has 1 N–H and O–H groups in total. The number of hydrogen-bond donors (Lipinski definition) is 1. The van der Waals surface area contributed by atoms with Crippen molar-refractivity contribution in [2.75, 3.05) is 7.05 Å². The van der Waals surface area contributed by atoms with Gasteiger partial charge < -0.3 is 5.11 Å². The van der Waals surface area contributed by atoms with Gasteiger partial charge in [0.1, 0.15) is 6.04 Å². The van der Waals surface area contributed by atoms with Crippen molar-refractivity contribution >= 4 is 16.0 Å². The lowest BCUT2D eigenvalue weighted by Gasteiger charge is -2.22. The van der Waals surface area contributed by atoms with Crippen LogP contribution in [0.25, 0.3) is 0 Å². The van der Waals surface area contributed by atoms with Gasteiger partial charge in [-0.1, -0.05) is 12.1 Å². The summed E-state index contributed by atoms with van der Waals surface area (Å²) in [7, 11) is -2.51. The van der Waals surface area contributed by atoms with Gasteiger partial charge in [0, 0.05) is 7.05 Å². The number of hydrogen-bond acceptors (Lipinski definition) is 3. The first-order valence-corrected chi connectivity index (χ1v) is 6.90. The van der Waals surface area contributed by atoms with E-state index in [0.29, 0.717) is 5.56 Å². The number of likely N-dealkylation sites (N-methyl/N-ethyl adjacent to an activating group) is 1. The largest absolute Gasteiger partial charge is 0.480 e. The van der Waals surface area contributed by atoms with Crippen molar-refractivity contribution in [1.82, 2.24) is 4.31 Å². The van der Waals surface area contributed by atoms with Gasteiger partial charge in [0.2, 0.25) is 10.0 Å². The minimum absolute atomic E-state index is 0.151. The highest BCUT2D eigenvalue weighted by Gasteiger charge is 2.30. The standard InChI is InChI=1S/C12H17NO4S/c1-8-5-6-9(2)11(7-8)18(16,17)13(4)10(3)12(14)15/h5-7,10H,1-4H3,(H,14,15). The Bertz CT molecular complexity index is 565. The summed E-state index contributed by atoms with van der Waals surface area (Å²) in [4.78, 5) is 11.0. The number of nitrogens with zero attached hydrogens (tertiary/aromatic N) is 1. The van der Waals surface area contributed by atoms with Gasteiger partial charge in [0.05, 0.1) is 4.90 Å². The smallest absolute Gasteiger partial charge is 0.321 e. The van der Waals surface area contributed by atoms with Gasteiger partial charge >= 0.3 is 5.97 Å². The van der Waals surface area contributed by atoms with Gasteiger partial charge in [0.25, 0.3) is 0 Å². The lowest BCUT2D eigenvalue weighted by Crippen LogP contribution is -2.40. The highest BCUT2D eigenvalue weighted by Crippen LogP contribution is 2.21. The van der Waals surface area contributed by atoms with Crippen LogP contribution in [0.5, 0.6) is 0 Å². The minimum Gasteiger partial charge on any atom is -0.480 e. The highest BCUT2D eigenvalue weighted by molar-refractivity contribution is 7.89. The second-order valence-electron chi connectivity index (χ2n) is 4.30. The van der Waals surface area contributed by atoms with E-state index in [0.717, 1.165) is 9.87 Å². The summed E-state index contributed by atoms with van der Waals surface area (Å²) in [5.74, 6) is -1.17. The zero-order valence-electron chi connectivity index (χ0n) is 10.8. The Labute approximate surface area is 107 Å². The molecule has 0 saturated heterocycles. The van der Waals surface area contributed by atoms with E-state index in [1.807, 2.05) is 6.07 Å². The maximum atomic E-state index is 12.3. The molecule has 0 fully saturated rings. The molecule has 1 aromatic carbocycles. The fraction of sp³-hybridized carbons (Fsp3) is 0.417. The lowest BCUT2D eigenvalue weighted by atomic mass is 10.2. The molecule has 0 aliphatic heterocycles. The number of sulfonamides is 1. The summed E-state index contributed by atoms with van der Waals surface area (Å²) in [6.07, 6.45) is 0. The maximum absolute atomic E-state index is 12.3. The minimum atomic E-state index is -3.78. The molecule has 1 rings (SSSR count). The van der Waals surface area contributed by atoms with Gasteiger partial charge in [0.15, 0.2) is 0 Å². The Balaban J connectivity index is 3.29. The zero-order valence-corrected chi connectivity index (χ0v) is 11.7. The first kappa shape index (κ1) is 14.7. The number of benzene rings is 1. The van der Waals surface area contributed by atoms with Crippen LogP contribution in [0.4, 0.5) is 0 Å². The van der Waals surface area contributed by atoms with Crippen LogP contribution >= 0.6 is 0 Å². The second-order valence-corrected chi connectivity index (χ2v) is 6.27. The van der Waals surface area contributed by atoms with Crippen LogP contribution in [0.1, 0.15) is 18.1 Å². The van der Waals surface area contributed by atoms with Gasteiger partial charge in [-0.25, -0.2) is 8.42 Å². The molecule has 1 aromatic rings. The van der Waals surface area contributed by atoms with E-state index in [1.165, 1.54) is 14.0 Å². The van der Waals surface area contributed by atoms with Gasteiger partial charge in [-0.3, -0.25) is 4.79 Å². The van der Waals surface area contributed by atoms with E-state index < -0.39 is 22.0 Å². The average Bonchev–Trinajstić information content (AvgIpc) is 2.29. The first-order valence-electron chi connectivity index (χ1n) is 5.46. The predicted molar refractivity (Wildman–Crippen MR) is 68.0 cm³/mol. The molecule has 1 atom stereocenters. The summed E-state index contributed by atoms with van der Waals surface area (Å²) in [6.45, 7) is 4.82. The molecule has 0 saturated carbocycles. The summed E-state index contributed by atoms with van der Waals surface area (Å²) in [5.41, 5.74) is 1.42. The number of carbonyl (C=O) groups is 1. The Kier molecular flexibility index (Phi) is 4.13. The van der Waals surface area contributed by atoms with Crippen LogP contribution in [0.15, 0.2) is 23.1 Å². The van der Waals surface area contributed by atoms with E-state index in [1.54, 1.807) is 26.0 Å². The molecule has 0 spiro atoms. The van der Waals surface area contributed by atoms with Crippen LogP contribution in [0.3, 0.4) is 0 Å². The molecule has 0 amide bonds. The molecule has 0 aliphatic rings. The molecule has 0 aliphatic carbocycles. The fourth-order valence-corrected chi connectivity index (χ4v) is 3.13. The molecule has 18 heavy (non-hydrogen) atoms. The van der Waals surface area contributed by atoms with Crippen molar-refractivity contribution in [3.8, 4) is 0 Å². The van der Waals surface area contributed by atoms with Gasteiger partial charge in [-0.05, 0) is 38.0 Å². The lowest BCUT2D eigenvalue weighted by molar-refractivity contribution is -0.140. The molecule has 6 heteroatoms. The topological polar surface area (TPSA) is 74.7 Å². The van der Waals surface area contributed by atoms with E-state index in [2.05, 4.69) is 0 Å². The fourth-order valence-electron chi connectivity index (χ4n) is 1.50. The Morgan fingerprint density at radius 2 is 1.89 bits per heavy atom. The molecule has 0 bridgehead atoms. The van der Waals surface area contributed by atoms with Crippen molar-refractivity contribution in [2.45, 2.75) is 31.7 Å². The first-order chi connectivity index (χ1) is 8.17. The Morgan fingerprint density at radius 3 is 2.39 bits per heavy atom. The molecule has 0 heterocycles. The number of carboxylic acids is 1. The normalized spacial score (nSPS) is 13.6. The predicted octanol–water partition coefficient (Wildman–Crippen LogP) is 1.40. The van der Waals surface area contributed by atoms with Crippen molar-refractivity contribution in [3.63, 3.8) is 0 Å². The van der Waals surface area contributed by atoms with Crippen LogP contribution in [-0.4, -0.2) is 36.9 Å². The molecular weight excluding hydrogens is 254 g/mol. The average molecular weight is 271 g/mol. The van der Waals surface area contributed by atoms with Crippen LogP contribution in [-0.2, 0) is 14.8 Å². The number of aryl methyl sites for hydroxylation is 2. The number of rotatable bonds is 4. The Hall–Kier alpha value is -1.40. The molecule has 100 valence electrons. The number of carboxylic acid groups (broad SMARTS) is 1. The summed E-state index contributed by atoms with van der Waals surface area (Å²) in [6, 6.07) is 3.97. The SMILES string of the molecule is Cc1ccc(C)c(S(=O)(=O)N(C)C(C)C(=O)O)c1.